The summed E-state index contributed by atoms with van der Waals surface area (Å²) in [7, 11) is 3.66. The second-order valence-electron chi connectivity index (χ2n) is 7.21. The summed E-state index contributed by atoms with van der Waals surface area (Å²) in [6.45, 7) is 8.41. The predicted molar refractivity (Wildman–Crippen MR) is 106 cm³/mol. The maximum Gasteiger partial charge on any atom is 0.193 e. The van der Waals surface area contributed by atoms with Crippen molar-refractivity contribution in [1.82, 2.24) is 10.2 Å². The number of methoxy groups -OCH3 is 1. The first-order valence-electron chi connectivity index (χ1n) is 9.56. The van der Waals surface area contributed by atoms with Gasteiger partial charge in [-0.2, -0.15) is 0 Å². The minimum Gasteiger partial charge on any atom is -0.381 e. The topological polar surface area (TPSA) is 49.3 Å². The second-order valence-corrected chi connectivity index (χ2v) is 7.21. The van der Waals surface area contributed by atoms with Crippen LogP contribution in [0.25, 0.3) is 0 Å². The van der Waals surface area contributed by atoms with Crippen molar-refractivity contribution in [3.63, 3.8) is 0 Å². The lowest BCUT2D eigenvalue weighted by atomic mass is 9.94. The van der Waals surface area contributed by atoms with Crippen LogP contribution >= 0.6 is 0 Å². The molecule has 0 atom stereocenters. The number of nitrogens with one attached hydrogen (secondary N) is 1. The van der Waals surface area contributed by atoms with Gasteiger partial charge in [-0.3, -0.25) is 4.99 Å². The zero-order valence-electron chi connectivity index (χ0n) is 16.3. The summed E-state index contributed by atoms with van der Waals surface area (Å²) in [6, 6.07) is 8.74. The summed E-state index contributed by atoms with van der Waals surface area (Å²) < 4.78 is 11.3. The van der Waals surface area contributed by atoms with Crippen LogP contribution in [0.15, 0.2) is 29.3 Å². The molecule has 6 nitrogen and oxygen atoms in total. The van der Waals surface area contributed by atoms with Crippen LogP contribution in [0.4, 0.5) is 5.69 Å². The van der Waals surface area contributed by atoms with Crippen molar-refractivity contribution < 1.29 is 9.47 Å². The van der Waals surface area contributed by atoms with Crippen LogP contribution in [0.5, 0.6) is 0 Å². The van der Waals surface area contributed by atoms with Gasteiger partial charge in [0, 0.05) is 78.6 Å². The van der Waals surface area contributed by atoms with E-state index in [0.29, 0.717) is 0 Å². The van der Waals surface area contributed by atoms with Gasteiger partial charge in [0.1, 0.15) is 0 Å². The van der Waals surface area contributed by atoms with Gasteiger partial charge in [0.05, 0.1) is 5.60 Å². The molecule has 6 heteroatoms. The van der Waals surface area contributed by atoms with E-state index in [0.717, 1.165) is 64.7 Å². The lowest BCUT2D eigenvalue weighted by Gasteiger charge is -2.40. The average molecular weight is 361 g/mol. The molecule has 2 aliphatic rings. The monoisotopic (exact) mass is 360 g/mol. The number of anilines is 1. The molecule has 0 aromatic heterocycles. The van der Waals surface area contributed by atoms with E-state index < -0.39 is 0 Å². The van der Waals surface area contributed by atoms with Gasteiger partial charge in [-0.1, -0.05) is 12.1 Å². The Labute approximate surface area is 157 Å². The maximum absolute atomic E-state index is 5.82. The number of rotatable bonds is 4. The number of hydrogen-bond donors (Lipinski definition) is 1. The third-order valence-electron chi connectivity index (χ3n) is 5.56. The minimum absolute atomic E-state index is 0.141. The highest BCUT2D eigenvalue weighted by Crippen LogP contribution is 2.24. The number of piperazine rings is 1. The van der Waals surface area contributed by atoms with Crippen LogP contribution in [0.2, 0.25) is 0 Å². The Bertz CT molecular complexity index is 606. The number of hydrogen-bond acceptors (Lipinski definition) is 4. The van der Waals surface area contributed by atoms with E-state index in [1.54, 1.807) is 7.11 Å². The summed E-state index contributed by atoms with van der Waals surface area (Å²) in [5, 5.41) is 3.54. The molecule has 144 valence electrons. The van der Waals surface area contributed by atoms with Crippen LogP contribution in [-0.4, -0.2) is 76.6 Å². The van der Waals surface area contributed by atoms with Crippen molar-refractivity contribution in [2.45, 2.75) is 25.4 Å². The molecule has 0 bridgehead atoms. The Kier molecular flexibility index (Phi) is 6.38. The van der Waals surface area contributed by atoms with Gasteiger partial charge in [-0.05, 0) is 24.6 Å². The van der Waals surface area contributed by atoms with Crippen molar-refractivity contribution in [2.75, 3.05) is 65.0 Å². The zero-order chi connectivity index (χ0) is 18.4. The minimum atomic E-state index is -0.141. The van der Waals surface area contributed by atoms with E-state index in [4.69, 9.17) is 9.47 Å². The third kappa shape index (κ3) is 4.48. The summed E-state index contributed by atoms with van der Waals surface area (Å²) in [5.74, 6) is 0.969. The van der Waals surface area contributed by atoms with Gasteiger partial charge in [0.15, 0.2) is 5.96 Å². The molecule has 2 heterocycles. The highest BCUT2D eigenvalue weighted by molar-refractivity contribution is 5.80. The molecule has 1 N–H and O–H groups in total. The molecule has 0 radical (unpaired) electrons. The first-order chi connectivity index (χ1) is 12.7. The van der Waals surface area contributed by atoms with Crippen molar-refractivity contribution in [3.8, 4) is 0 Å². The molecule has 0 spiro atoms. The van der Waals surface area contributed by atoms with Crippen LogP contribution in [-0.2, 0) is 9.47 Å². The molecular weight excluding hydrogens is 328 g/mol. The Morgan fingerprint density at radius 1 is 1.23 bits per heavy atom. The number of aliphatic imine (C=N–C) groups is 1. The Morgan fingerprint density at radius 2 is 1.96 bits per heavy atom. The smallest absolute Gasteiger partial charge is 0.193 e. The van der Waals surface area contributed by atoms with Crippen LogP contribution < -0.4 is 10.2 Å². The van der Waals surface area contributed by atoms with Crippen molar-refractivity contribution in [1.29, 1.82) is 0 Å². The Morgan fingerprint density at radius 3 is 2.58 bits per heavy atom. The van der Waals surface area contributed by atoms with Crippen molar-refractivity contribution in [2.24, 2.45) is 4.99 Å². The molecule has 2 saturated heterocycles. The second kappa shape index (κ2) is 8.73. The molecule has 2 aliphatic heterocycles. The van der Waals surface area contributed by atoms with E-state index in [1.165, 1.54) is 11.3 Å². The van der Waals surface area contributed by atoms with Gasteiger partial charge in [-0.25, -0.2) is 0 Å². The molecule has 26 heavy (non-hydrogen) atoms. The fraction of sp³-hybridized carbons (Fsp3) is 0.650. The van der Waals surface area contributed by atoms with E-state index in [2.05, 4.69) is 51.3 Å². The fourth-order valence-corrected chi connectivity index (χ4v) is 3.77. The highest BCUT2D eigenvalue weighted by Gasteiger charge is 2.33. The van der Waals surface area contributed by atoms with Crippen LogP contribution in [0.1, 0.15) is 18.4 Å². The van der Waals surface area contributed by atoms with Crippen molar-refractivity contribution >= 4 is 11.6 Å². The summed E-state index contributed by atoms with van der Waals surface area (Å²) in [6.07, 6.45) is 1.85. The molecule has 0 aliphatic carbocycles. The van der Waals surface area contributed by atoms with Gasteiger partial charge in [0.2, 0.25) is 0 Å². The van der Waals surface area contributed by atoms with Gasteiger partial charge >= 0.3 is 0 Å². The molecule has 0 saturated carbocycles. The molecule has 3 rings (SSSR count). The SMILES string of the molecule is CN=C(NCC1(OC)CCOCC1)N1CCN(c2cccc(C)c2)CC1. The number of guanidine groups is 1. The van der Waals surface area contributed by atoms with E-state index in [9.17, 15) is 0 Å². The quantitative estimate of drug-likeness (QED) is 0.656. The molecule has 2 fully saturated rings. The summed E-state index contributed by atoms with van der Waals surface area (Å²) in [4.78, 5) is 9.29. The molecule has 0 unspecified atom stereocenters. The summed E-state index contributed by atoms with van der Waals surface area (Å²) >= 11 is 0. The number of aryl methyl sites for hydroxylation is 1. The fourth-order valence-electron chi connectivity index (χ4n) is 3.77. The van der Waals surface area contributed by atoms with E-state index >= 15 is 0 Å². The van der Waals surface area contributed by atoms with Gasteiger partial charge in [0.25, 0.3) is 0 Å². The number of benzene rings is 1. The molecular formula is C20H32N4O2. The average Bonchev–Trinajstić information content (AvgIpc) is 2.70. The number of nitrogens with zero attached hydrogens (tertiary/aromatic N) is 3. The number of ether oxygens (including phenoxy) is 2. The van der Waals surface area contributed by atoms with E-state index in [-0.39, 0.29) is 5.60 Å². The van der Waals surface area contributed by atoms with Crippen LogP contribution in [0, 0.1) is 6.92 Å². The van der Waals surface area contributed by atoms with Gasteiger partial charge < -0.3 is 24.6 Å². The molecule has 0 amide bonds. The lowest BCUT2D eigenvalue weighted by Crippen LogP contribution is -2.56. The standard InChI is InChI=1S/C20H32N4O2/c1-17-5-4-6-18(15-17)23-9-11-24(12-10-23)19(21-2)22-16-20(25-3)7-13-26-14-8-20/h4-6,15H,7-14,16H2,1-3H3,(H,21,22). The highest BCUT2D eigenvalue weighted by atomic mass is 16.5. The normalized spacial score (nSPS) is 21.0. The largest absolute Gasteiger partial charge is 0.381 e. The molecule has 1 aromatic carbocycles. The maximum atomic E-state index is 5.82. The molecule has 1 aromatic rings. The zero-order valence-corrected chi connectivity index (χ0v) is 16.3. The Balaban J connectivity index is 1.53. The third-order valence-corrected chi connectivity index (χ3v) is 5.56. The Hall–Kier alpha value is -1.79. The van der Waals surface area contributed by atoms with E-state index in [1.807, 2.05) is 7.05 Å². The summed E-state index contributed by atoms with van der Waals surface area (Å²) in [5.41, 5.74) is 2.48. The van der Waals surface area contributed by atoms with Crippen LogP contribution in [0.3, 0.4) is 0 Å². The lowest BCUT2D eigenvalue weighted by molar-refractivity contribution is -0.0857. The van der Waals surface area contributed by atoms with Crippen molar-refractivity contribution in [3.05, 3.63) is 29.8 Å². The first-order valence-corrected chi connectivity index (χ1v) is 9.56. The predicted octanol–water partition coefficient (Wildman–Crippen LogP) is 1.89. The van der Waals surface area contributed by atoms with Gasteiger partial charge in [-0.15, -0.1) is 0 Å². The first kappa shape index (κ1) is 19.0.